The van der Waals surface area contributed by atoms with Gasteiger partial charge in [-0.05, 0) is 110 Å². The first kappa shape index (κ1) is 21.9. The molecule has 270 valence electrons. The van der Waals surface area contributed by atoms with E-state index < -0.39 is 124 Å². The summed E-state index contributed by atoms with van der Waals surface area (Å²) in [5.41, 5.74) is -5.54. The number of furan rings is 1. The molecule has 0 bridgehead atoms. The summed E-state index contributed by atoms with van der Waals surface area (Å²) in [6, 6.07) is -3.33. The van der Waals surface area contributed by atoms with Crippen LogP contribution >= 0.6 is 11.6 Å². The standard InChI is InChI=1S/C48H55ClN2O/c1-45(2,3)32-16-21-37(22-17-32)50(39-15-13-14-34(26-39)47(7,8)9)40-28-36(49)29-41(30-40)51(38-23-18-33(19-24-38)46(4,5)6)43-31-52-44-27-35(48(10,11)12)20-25-42(43)44/h13-31H,1-12H3/i13D,14D,15D,16D,17D,18D,19D,20D,21D,22D,23D,24D,25D,26D,27D,31D. The molecular formula is C48H55ClN2O. The maximum atomic E-state index is 9.65. The van der Waals surface area contributed by atoms with Crippen molar-refractivity contribution < 1.29 is 26.3 Å². The van der Waals surface area contributed by atoms with Crippen LogP contribution in [-0.4, -0.2) is 0 Å². The Morgan fingerprint density at radius 3 is 1.46 bits per heavy atom. The van der Waals surface area contributed by atoms with Crippen LogP contribution in [0.3, 0.4) is 0 Å². The van der Waals surface area contributed by atoms with Crippen molar-refractivity contribution in [1.82, 2.24) is 0 Å². The van der Waals surface area contributed by atoms with E-state index in [4.69, 9.17) is 20.1 Å². The number of nitrogens with zero attached hydrogens (tertiary/aromatic N) is 2. The number of hydrogen-bond donors (Lipinski definition) is 0. The third kappa shape index (κ3) is 7.81. The van der Waals surface area contributed by atoms with Crippen molar-refractivity contribution in [2.24, 2.45) is 0 Å². The first-order valence-corrected chi connectivity index (χ1v) is 17.5. The van der Waals surface area contributed by atoms with Gasteiger partial charge in [0.15, 0.2) is 0 Å². The largest absolute Gasteiger partial charge is 0.462 e. The van der Waals surface area contributed by atoms with E-state index in [-0.39, 0.29) is 67.4 Å². The van der Waals surface area contributed by atoms with Crippen molar-refractivity contribution in [2.75, 3.05) is 9.80 Å². The highest BCUT2D eigenvalue weighted by Crippen LogP contribution is 2.46. The normalized spacial score (nSPS) is 17.0. The Morgan fingerprint density at radius 1 is 0.481 bits per heavy atom. The van der Waals surface area contributed by atoms with Crippen LogP contribution in [0, 0.1) is 0 Å². The summed E-state index contributed by atoms with van der Waals surface area (Å²) in [6.45, 7) is 20.8. The van der Waals surface area contributed by atoms with E-state index in [2.05, 4.69) is 0 Å². The van der Waals surface area contributed by atoms with Crippen molar-refractivity contribution >= 4 is 56.7 Å². The van der Waals surface area contributed by atoms with Crippen molar-refractivity contribution in [3.8, 4) is 0 Å². The van der Waals surface area contributed by atoms with Gasteiger partial charge in [-0.2, -0.15) is 0 Å². The lowest BCUT2D eigenvalue weighted by atomic mass is 9.86. The van der Waals surface area contributed by atoms with Gasteiger partial charge in [0.1, 0.15) is 13.2 Å². The smallest absolute Gasteiger partial charge is 0.136 e. The Labute approximate surface area is 339 Å². The number of halogens is 1. The summed E-state index contributed by atoms with van der Waals surface area (Å²) in [5.74, 6) is 0. The lowest BCUT2D eigenvalue weighted by Gasteiger charge is -2.31. The number of hydrogen-bond acceptors (Lipinski definition) is 3. The molecule has 1 heterocycles. The van der Waals surface area contributed by atoms with Crippen LogP contribution in [0.1, 0.15) is 127 Å². The van der Waals surface area contributed by atoms with Crippen molar-refractivity contribution in [3.63, 3.8) is 0 Å². The van der Waals surface area contributed by atoms with Gasteiger partial charge in [-0.15, -0.1) is 0 Å². The van der Waals surface area contributed by atoms with Gasteiger partial charge in [0.25, 0.3) is 0 Å². The fourth-order valence-electron chi connectivity index (χ4n) is 5.28. The highest BCUT2D eigenvalue weighted by Gasteiger charge is 2.25. The Hall–Kier alpha value is -4.47. The minimum Gasteiger partial charge on any atom is -0.462 e. The van der Waals surface area contributed by atoms with Gasteiger partial charge in [0.2, 0.25) is 0 Å². The van der Waals surface area contributed by atoms with Crippen LogP contribution in [0.5, 0.6) is 0 Å². The fraction of sp³-hybridized carbons (Fsp3) is 0.333. The Balaban J connectivity index is 1.90. The second-order valence-electron chi connectivity index (χ2n) is 17.0. The van der Waals surface area contributed by atoms with Gasteiger partial charge in [-0.3, -0.25) is 0 Å². The highest BCUT2D eigenvalue weighted by molar-refractivity contribution is 6.31. The molecule has 3 nitrogen and oxygen atoms in total. The van der Waals surface area contributed by atoms with Crippen molar-refractivity contribution in [1.29, 1.82) is 0 Å². The van der Waals surface area contributed by atoms with E-state index in [1.807, 2.05) is 0 Å². The van der Waals surface area contributed by atoms with Gasteiger partial charge in [-0.1, -0.05) is 137 Å². The molecule has 0 unspecified atom stereocenters. The summed E-state index contributed by atoms with van der Waals surface area (Å²) in [6.07, 6.45) is -0.693. The van der Waals surface area contributed by atoms with E-state index in [9.17, 15) is 17.8 Å². The van der Waals surface area contributed by atoms with Crippen LogP contribution in [0.15, 0.2) is 119 Å². The molecule has 5 aromatic carbocycles. The van der Waals surface area contributed by atoms with E-state index in [0.29, 0.717) is 0 Å². The van der Waals surface area contributed by atoms with Gasteiger partial charge in [-0.25, -0.2) is 0 Å². The molecule has 0 saturated carbocycles. The second-order valence-corrected chi connectivity index (χ2v) is 17.5. The molecule has 0 N–H and O–H groups in total. The topological polar surface area (TPSA) is 19.6 Å². The summed E-state index contributed by atoms with van der Waals surface area (Å²) in [5, 5.41) is -0.386. The van der Waals surface area contributed by atoms with Crippen LogP contribution in [-0.2, 0) is 21.7 Å². The average Bonchev–Trinajstić information content (AvgIpc) is 3.53. The molecular weight excluding hydrogens is 656 g/mol. The summed E-state index contributed by atoms with van der Waals surface area (Å²) >= 11 is 7.05. The summed E-state index contributed by atoms with van der Waals surface area (Å²) in [4.78, 5) is 2.19. The van der Waals surface area contributed by atoms with Crippen LogP contribution in [0.25, 0.3) is 11.0 Å². The quantitative estimate of drug-likeness (QED) is 0.170. The maximum Gasteiger partial charge on any atom is 0.136 e. The van der Waals surface area contributed by atoms with Gasteiger partial charge < -0.3 is 14.2 Å². The van der Waals surface area contributed by atoms with Gasteiger partial charge >= 0.3 is 0 Å². The number of fused-ring (bicyclic) bond motifs is 1. The van der Waals surface area contributed by atoms with Crippen molar-refractivity contribution in [3.05, 3.63) is 142 Å². The number of rotatable bonds is 6. The molecule has 6 aromatic rings. The van der Waals surface area contributed by atoms with Crippen LogP contribution in [0.4, 0.5) is 34.1 Å². The Bertz CT molecular complexity index is 3040. The summed E-state index contributed by atoms with van der Waals surface area (Å²) < 4.78 is 155. The first-order chi connectivity index (χ1) is 30.9. The van der Waals surface area contributed by atoms with E-state index in [0.717, 1.165) is 9.80 Å². The second kappa shape index (κ2) is 13.5. The third-order valence-electron chi connectivity index (χ3n) is 8.38. The molecule has 0 saturated heterocycles. The number of benzene rings is 5. The van der Waals surface area contributed by atoms with E-state index >= 15 is 0 Å². The molecule has 4 heteroatoms. The molecule has 0 fully saturated rings. The fourth-order valence-corrected chi connectivity index (χ4v) is 5.50. The SMILES string of the molecule is [2H]c1oc2c([2H])c(C(C)(C)C)c([2H])c([2H])c2c1N(c1cc(Cl)cc(N(c2c([2H])c([2H])c(C(C)(C)C)c([2H])c2[2H])c2c([2H])c([2H])c([2H])c(C(C)(C)C)c2[2H])c1)c1c([2H])c([2H])c(C(C)(C)C)c([2H])c1[2H]. The van der Waals surface area contributed by atoms with Crippen LogP contribution < -0.4 is 9.80 Å². The Kier molecular flexibility index (Phi) is 5.69. The van der Waals surface area contributed by atoms with Crippen LogP contribution in [0.2, 0.25) is 5.02 Å². The average molecular weight is 728 g/mol. The Morgan fingerprint density at radius 2 is 0.942 bits per heavy atom. The zero-order valence-corrected chi connectivity index (χ0v) is 32.7. The highest BCUT2D eigenvalue weighted by atomic mass is 35.5. The minimum absolute atomic E-state index is 0.0326. The molecule has 0 atom stereocenters. The molecule has 52 heavy (non-hydrogen) atoms. The zero-order valence-electron chi connectivity index (χ0n) is 47.9. The molecule has 0 aliphatic heterocycles. The molecule has 0 spiro atoms. The van der Waals surface area contributed by atoms with E-state index in [1.165, 1.54) is 18.2 Å². The lowest BCUT2D eigenvalue weighted by Crippen LogP contribution is -2.16. The first-order valence-electron chi connectivity index (χ1n) is 25.2. The van der Waals surface area contributed by atoms with E-state index in [1.54, 1.807) is 83.1 Å². The zero-order chi connectivity index (χ0) is 51.7. The molecule has 1 aromatic heterocycles. The minimum atomic E-state index is -0.976. The lowest BCUT2D eigenvalue weighted by molar-refractivity contribution is 0.583. The maximum absolute atomic E-state index is 9.65. The monoisotopic (exact) mass is 727 g/mol. The predicted octanol–water partition coefficient (Wildman–Crippen LogP) is 15.2. The summed E-state index contributed by atoms with van der Waals surface area (Å²) in [7, 11) is 0. The molecule has 0 radical (unpaired) electrons. The predicted molar refractivity (Wildman–Crippen MR) is 225 cm³/mol. The molecule has 0 aliphatic rings. The number of anilines is 6. The third-order valence-corrected chi connectivity index (χ3v) is 8.60. The van der Waals surface area contributed by atoms with Crippen molar-refractivity contribution in [2.45, 2.75) is 105 Å². The van der Waals surface area contributed by atoms with Gasteiger partial charge in [0.05, 0.1) is 26.2 Å². The molecule has 0 aliphatic carbocycles. The molecule has 0 amide bonds. The molecule has 6 rings (SSSR count). The van der Waals surface area contributed by atoms with Gasteiger partial charge in [0, 0.05) is 38.8 Å².